The number of rotatable bonds is 5. The zero-order valence-electron chi connectivity index (χ0n) is 18.6. The Morgan fingerprint density at radius 3 is 2.15 bits per heavy atom. The molecule has 0 N–H and O–H groups in total. The number of aromatic nitrogens is 2. The molecule has 2 aliphatic heterocycles. The number of hydrogen-bond acceptors (Lipinski definition) is 7. The summed E-state index contributed by atoms with van der Waals surface area (Å²) >= 11 is 0. The molecule has 1 aromatic heterocycles. The predicted octanol–water partition coefficient (Wildman–Crippen LogP) is 3.04. The van der Waals surface area contributed by atoms with Crippen LogP contribution < -0.4 is 14.5 Å². The normalized spacial score (nSPS) is 17.3. The summed E-state index contributed by atoms with van der Waals surface area (Å²) in [7, 11) is 0. The lowest BCUT2D eigenvalue weighted by atomic mass is 10.0. The van der Waals surface area contributed by atoms with Crippen LogP contribution in [0.5, 0.6) is 5.88 Å². The van der Waals surface area contributed by atoms with E-state index in [1.54, 1.807) is 0 Å². The summed E-state index contributed by atoms with van der Waals surface area (Å²) in [4.78, 5) is 15.2. The van der Waals surface area contributed by atoms with E-state index in [9.17, 15) is 18.4 Å². The van der Waals surface area contributed by atoms with Crippen LogP contribution in [-0.4, -0.2) is 73.5 Å². The Balaban J connectivity index is 1.67. The first-order valence-corrected chi connectivity index (χ1v) is 11.2. The van der Waals surface area contributed by atoms with E-state index in [1.165, 1.54) is 11.1 Å². The number of likely N-dealkylation sites (N-methyl/N-ethyl adjacent to an activating group) is 1. The van der Waals surface area contributed by atoms with Gasteiger partial charge in [-0.25, -0.2) is 0 Å². The number of fused-ring (bicyclic) bond motifs is 1. The third-order valence-corrected chi connectivity index (χ3v) is 6.15. The standard InChI is InChI=1S/C23H27F3N6O/c1-2-30-11-13-32(14-12-30)22-28-20(19(15-27)21(29-22)33-16-23(24,25)26)31-9-7-17-5-3-4-6-18(17)8-10-31/h3-6H,2,7-14,16H2,1H3. The van der Waals surface area contributed by atoms with E-state index in [0.717, 1.165) is 32.5 Å². The highest BCUT2D eigenvalue weighted by molar-refractivity contribution is 5.62. The Bertz CT molecular complexity index is 987. The fraction of sp³-hybridized carbons (Fsp3) is 0.522. The molecule has 2 aromatic rings. The van der Waals surface area contributed by atoms with Crippen molar-refractivity contribution in [3.8, 4) is 11.9 Å². The van der Waals surface area contributed by atoms with E-state index in [2.05, 4.69) is 33.9 Å². The van der Waals surface area contributed by atoms with Gasteiger partial charge in [0.15, 0.2) is 18.0 Å². The second-order valence-corrected chi connectivity index (χ2v) is 8.22. The third kappa shape index (κ3) is 5.47. The van der Waals surface area contributed by atoms with E-state index < -0.39 is 12.8 Å². The summed E-state index contributed by atoms with van der Waals surface area (Å²) in [6.45, 7) is 5.65. The van der Waals surface area contributed by atoms with Gasteiger partial charge < -0.3 is 19.4 Å². The van der Waals surface area contributed by atoms with E-state index >= 15 is 0 Å². The molecule has 0 aliphatic carbocycles. The van der Waals surface area contributed by atoms with Gasteiger partial charge in [-0.1, -0.05) is 31.2 Å². The molecule has 176 valence electrons. The average molecular weight is 461 g/mol. The van der Waals surface area contributed by atoms with Gasteiger partial charge in [0.2, 0.25) is 11.8 Å². The highest BCUT2D eigenvalue weighted by atomic mass is 19.4. The van der Waals surface area contributed by atoms with Gasteiger partial charge in [0.1, 0.15) is 6.07 Å². The molecule has 2 aliphatic rings. The van der Waals surface area contributed by atoms with Gasteiger partial charge in [0.25, 0.3) is 0 Å². The summed E-state index contributed by atoms with van der Waals surface area (Å²) in [5.41, 5.74) is 2.41. The van der Waals surface area contributed by atoms with Crippen molar-refractivity contribution in [2.24, 2.45) is 0 Å². The molecule has 0 saturated carbocycles. The van der Waals surface area contributed by atoms with Crippen LogP contribution in [-0.2, 0) is 12.8 Å². The quantitative estimate of drug-likeness (QED) is 0.679. The monoisotopic (exact) mass is 460 g/mol. The minimum absolute atomic E-state index is 0.0545. The second-order valence-electron chi connectivity index (χ2n) is 8.22. The highest BCUT2D eigenvalue weighted by Gasteiger charge is 2.31. The van der Waals surface area contributed by atoms with Gasteiger partial charge in [-0.2, -0.15) is 28.4 Å². The van der Waals surface area contributed by atoms with E-state index in [4.69, 9.17) is 4.74 Å². The van der Waals surface area contributed by atoms with Gasteiger partial charge in [-0.3, -0.25) is 0 Å². The van der Waals surface area contributed by atoms with Crippen molar-refractivity contribution >= 4 is 11.8 Å². The highest BCUT2D eigenvalue weighted by Crippen LogP contribution is 2.31. The van der Waals surface area contributed by atoms with Crippen molar-refractivity contribution in [1.82, 2.24) is 14.9 Å². The fourth-order valence-corrected chi connectivity index (χ4v) is 4.28. The molecular weight excluding hydrogens is 433 g/mol. The Hall–Kier alpha value is -3.06. The van der Waals surface area contributed by atoms with Crippen LogP contribution in [0, 0.1) is 11.3 Å². The molecular formula is C23H27F3N6O. The lowest BCUT2D eigenvalue weighted by molar-refractivity contribution is -0.154. The van der Waals surface area contributed by atoms with Gasteiger partial charge >= 0.3 is 6.18 Å². The molecule has 1 saturated heterocycles. The number of piperazine rings is 1. The zero-order chi connectivity index (χ0) is 23.4. The molecule has 10 heteroatoms. The van der Waals surface area contributed by atoms with E-state index in [-0.39, 0.29) is 11.4 Å². The molecule has 0 bridgehead atoms. The largest absolute Gasteiger partial charge is 0.467 e. The van der Waals surface area contributed by atoms with Crippen molar-refractivity contribution in [3.05, 3.63) is 41.0 Å². The lowest BCUT2D eigenvalue weighted by Crippen LogP contribution is -2.47. The molecule has 1 fully saturated rings. The third-order valence-electron chi connectivity index (χ3n) is 6.15. The Labute approximate surface area is 191 Å². The zero-order valence-corrected chi connectivity index (χ0v) is 18.6. The molecule has 0 amide bonds. The van der Waals surface area contributed by atoms with Crippen molar-refractivity contribution in [1.29, 1.82) is 5.26 Å². The molecule has 0 spiro atoms. The van der Waals surface area contributed by atoms with Gasteiger partial charge in [0.05, 0.1) is 0 Å². The maximum absolute atomic E-state index is 12.9. The van der Waals surface area contributed by atoms with E-state index in [0.29, 0.717) is 37.9 Å². The molecule has 7 nitrogen and oxygen atoms in total. The molecule has 4 rings (SSSR count). The Morgan fingerprint density at radius 2 is 1.61 bits per heavy atom. The maximum atomic E-state index is 12.9. The Morgan fingerprint density at radius 1 is 0.970 bits per heavy atom. The molecule has 1 aromatic carbocycles. The smallest absolute Gasteiger partial charge is 0.422 e. The van der Waals surface area contributed by atoms with Crippen LogP contribution in [0.15, 0.2) is 24.3 Å². The summed E-state index contributed by atoms with van der Waals surface area (Å²) < 4.78 is 43.7. The first kappa shape index (κ1) is 23.1. The SMILES string of the molecule is CCN1CCN(c2nc(OCC(F)(F)F)c(C#N)c(N3CCc4ccccc4CC3)n2)CC1. The van der Waals surface area contributed by atoms with Gasteiger partial charge in [0, 0.05) is 39.3 Å². The first-order chi connectivity index (χ1) is 15.9. The number of benzene rings is 1. The van der Waals surface area contributed by atoms with Crippen LogP contribution in [0.2, 0.25) is 0 Å². The average Bonchev–Trinajstić information content (AvgIpc) is 3.04. The molecule has 0 atom stereocenters. The number of hydrogen-bond donors (Lipinski definition) is 0. The number of halogens is 3. The second kappa shape index (κ2) is 9.83. The van der Waals surface area contributed by atoms with Crippen molar-refractivity contribution in [2.45, 2.75) is 25.9 Å². The van der Waals surface area contributed by atoms with Crippen LogP contribution in [0.25, 0.3) is 0 Å². The number of alkyl halides is 3. The predicted molar refractivity (Wildman–Crippen MR) is 119 cm³/mol. The number of ether oxygens (including phenoxy) is 1. The molecule has 0 unspecified atom stereocenters. The number of nitriles is 1. The summed E-state index contributed by atoms with van der Waals surface area (Å²) in [5.74, 6) is 0.332. The topological polar surface area (TPSA) is 68.5 Å². The summed E-state index contributed by atoms with van der Waals surface area (Å²) in [6.07, 6.45) is -3.02. The van der Waals surface area contributed by atoms with Crippen molar-refractivity contribution in [2.75, 3.05) is 62.2 Å². The van der Waals surface area contributed by atoms with Crippen LogP contribution >= 0.6 is 0 Å². The summed E-state index contributed by atoms with van der Waals surface area (Å²) in [6, 6.07) is 10.2. The van der Waals surface area contributed by atoms with E-state index in [1.807, 2.05) is 28.0 Å². The van der Waals surface area contributed by atoms with Gasteiger partial charge in [-0.05, 0) is 30.5 Å². The van der Waals surface area contributed by atoms with Crippen molar-refractivity contribution in [3.63, 3.8) is 0 Å². The number of nitrogens with zero attached hydrogens (tertiary/aromatic N) is 6. The number of anilines is 2. The molecule has 33 heavy (non-hydrogen) atoms. The Kier molecular flexibility index (Phi) is 6.88. The van der Waals surface area contributed by atoms with Crippen LogP contribution in [0.1, 0.15) is 23.6 Å². The van der Waals surface area contributed by atoms with Crippen molar-refractivity contribution < 1.29 is 17.9 Å². The fourth-order valence-electron chi connectivity index (χ4n) is 4.28. The maximum Gasteiger partial charge on any atom is 0.422 e. The lowest BCUT2D eigenvalue weighted by Gasteiger charge is -2.34. The van der Waals surface area contributed by atoms with Crippen LogP contribution in [0.3, 0.4) is 0 Å². The minimum Gasteiger partial charge on any atom is -0.467 e. The molecule has 3 heterocycles. The van der Waals surface area contributed by atoms with Gasteiger partial charge in [-0.15, -0.1) is 0 Å². The first-order valence-electron chi connectivity index (χ1n) is 11.2. The molecule has 0 radical (unpaired) electrons. The van der Waals surface area contributed by atoms with Crippen LogP contribution in [0.4, 0.5) is 24.9 Å². The summed E-state index contributed by atoms with van der Waals surface area (Å²) in [5, 5.41) is 9.83. The minimum atomic E-state index is -4.53.